The minimum atomic E-state index is -0.845. The number of benzene rings is 1. The van der Waals surface area contributed by atoms with Gasteiger partial charge in [-0.1, -0.05) is 30.3 Å². The SMILES string of the molecule is COC(=O)c1c(C(=O)OC)c2n(c1C)[C@@]1(Cc3ccccc3)S[C@@H]2[C@@H]2C(=O)N(C)C(=O)[C@@H]21. The normalized spacial score (nSPS) is 27.5. The molecule has 166 valence electrons. The molecule has 8 nitrogen and oxygen atoms in total. The Kier molecular flexibility index (Phi) is 4.53. The molecule has 32 heavy (non-hydrogen) atoms. The molecule has 2 aromatic rings. The second-order valence-corrected chi connectivity index (χ2v) is 9.77. The molecule has 3 aliphatic rings. The van der Waals surface area contributed by atoms with Crippen LogP contribution in [0.5, 0.6) is 0 Å². The first-order chi connectivity index (χ1) is 15.3. The Morgan fingerprint density at radius 3 is 2.28 bits per heavy atom. The fraction of sp³-hybridized carbons (Fsp3) is 0.391. The van der Waals surface area contributed by atoms with Gasteiger partial charge in [-0.25, -0.2) is 9.59 Å². The van der Waals surface area contributed by atoms with Crippen LogP contribution in [0, 0.1) is 18.8 Å². The summed E-state index contributed by atoms with van der Waals surface area (Å²) in [5.41, 5.74) is 2.34. The van der Waals surface area contributed by atoms with Crippen LogP contribution in [0.2, 0.25) is 0 Å². The number of imide groups is 1. The number of carbonyl (C=O) groups is 4. The van der Waals surface area contributed by atoms with Crippen molar-refractivity contribution in [2.75, 3.05) is 21.3 Å². The van der Waals surface area contributed by atoms with Crippen molar-refractivity contribution in [2.45, 2.75) is 23.5 Å². The van der Waals surface area contributed by atoms with E-state index >= 15 is 0 Å². The van der Waals surface area contributed by atoms with E-state index in [0.717, 1.165) is 5.56 Å². The predicted octanol–water partition coefficient (Wildman–Crippen LogP) is 2.30. The van der Waals surface area contributed by atoms with Gasteiger partial charge in [-0.05, 0) is 12.5 Å². The molecule has 1 aromatic carbocycles. The maximum atomic E-state index is 13.3. The van der Waals surface area contributed by atoms with Gasteiger partial charge in [0, 0.05) is 24.9 Å². The third-order valence-corrected chi connectivity index (χ3v) is 8.65. The number of nitrogens with zero attached hydrogens (tertiary/aromatic N) is 2. The number of hydrogen-bond acceptors (Lipinski definition) is 7. The topological polar surface area (TPSA) is 94.9 Å². The Labute approximate surface area is 188 Å². The molecule has 0 saturated carbocycles. The third kappa shape index (κ3) is 2.40. The van der Waals surface area contributed by atoms with Crippen molar-refractivity contribution in [3.05, 3.63) is 58.4 Å². The molecule has 0 unspecified atom stereocenters. The lowest BCUT2D eigenvalue weighted by atomic mass is 9.78. The van der Waals surface area contributed by atoms with E-state index in [1.807, 2.05) is 34.9 Å². The molecular formula is C23H22N2O6S. The van der Waals surface area contributed by atoms with Crippen LogP contribution in [0.25, 0.3) is 0 Å². The average molecular weight is 455 g/mol. The van der Waals surface area contributed by atoms with Crippen molar-refractivity contribution < 1.29 is 28.7 Å². The summed E-state index contributed by atoms with van der Waals surface area (Å²) in [6.45, 7) is 1.75. The molecular weight excluding hydrogens is 432 g/mol. The van der Waals surface area contributed by atoms with Gasteiger partial charge >= 0.3 is 11.9 Å². The number of carbonyl (C=O) groups excluding carboxylic acids is 4. The quantitative estimate of drug-likeness (QED) is 0.517. The zero-order chi connectivity index (χ0) is 22.9. The van der Waals surface area contributed by atoms with Gasteiger partial charge in [0.05, 0.1) is 42.4 Å². The van der Waals surface area contributed by atoms with Gasteiger partial charge < -0.3 is 14.0 Å². The van der Waals surface area contributed by atoms with Crippen LogP contribution in [0.3, 0.4) is 0 Å². The molecule has 2 bridgehead atoms. The van der Waals surface area contributed by atoms with Crippen LogP contribution >= 0.6 is 11.8 Å². The Morgan fingerprint density at radius 1 is 1.03 bits per heavy atom. The van der Waals surface area contributed by atoms with Crippen LogP contribution in [-0.2, 0) is 30.4 Å². The summed E-state index contributed by atoms with van der Waals surface area (Å²) in [4.78, 5) is 52.3. The number of amides is 2. The van der Waals surface area contributed by atoms with E-state index in [2.05, 4.69) is 0 Å². The fourth-order valence-corrected chi connectivity index (χ4v) is 7.83. The minimum Gasteiger partial charge on any atom is -0.465 e. The van der Waals surface area contributed by atoms with Crippen molar-refractivity contribution >= 4 is 35.5 Å². The van der Waals surface area contributed by atoms with Crippen LogP contribution < -0.4 is 0 Å². The van der Waals surface area contributed by atoms with Gasteiger partial charge in [0.15, 0.2) is 0 Å². The van der Waals surface area contributed by atoms with Crippen molar-refractivity contribution in [1.82, 2.24) is 9.47 Å². The van der Waals surface area contributed by atoms with Crippen molar-refractivity contribution in [2.24, 2.45) is 11.8 Å². The molecule has 2 fully saturated rings. The second kappa shape index (κ2) is 6.96. The molecule has 0 aliphatic carbocycles. The summed E-state index contributed by atoms with van der Waals surface area (Å²) >= 11 is 1.53. The van der Waals surface area contributed by atoms with Crippen LogP contribution in [0.15, 0.2) is 30.3 Å². The first-order valence-electron chi connectivity index (χ1n) is 10.2. The lowest BCUT2D eigenvalue weighted by Crippen LogP contribution is -2.44. The van der Waals surface area contributed by atoms with Crippen molar-refractivity contribution in [3.8, 4) is 0 Å². The molecule has 2 amide bonds. The smallest absolute Gasteiger partial charge is 0.340 e. The summed E-state index contributed by atoms with van der Waals surface area (Å²) in [6, 6.07) is 9.71. The lowest BCUT2D eigenvalue weighted by Gasteiger charge is -2.36. The van der Waals surface area contributed by atoms with E-state index in [-0.39, 0.29) is 22.9 Å². The Hall–Kier alpha value is -3.07. The molecule has 0 spiro atoms. The fourth-order valence-electron chi connectivity index (χ4n) is 5.65. The summed E-state index contributed by atoms with van der Waals surface area (Å²) in [7, 11) is 4.02. The highest BCUT2D eigenvalue weighted by atomic mass is 32.2. The Morgan fingerprint density at radius 2 is 1.66 bits per heavy atom. The second-order valence-electron chi connectivity index (χ2n) is 8.32. The molecule has 1 aromatic heterocycles. The van der Waals surface area contributed by atoms with Gasteiger partial charge in [-0.3, -0.25) is 14.5 Å². The highest BCUT2D eigenvalue weighted by Gasteiger charge is 2.72. The number of hydrogen-bond donors (Lipinski definition) is 0. The molecule has 9 heteroatoms. The summed E-state index contributed by atoms with van der Waals surface area (Å²) in [6.07, 6.45) is 0.465. The molecule has 0 N–H and O–H groups in total. The number of likely N-dealkylation sites (tertiary alicyclic amines) is 1. The lowest BCUT2D eigenvalue weighted by molar-refractivity contribution is -0.138. The highest BCUT2D eigenvalue weighted by molar-refractivity contribution is 8.00. The van der Waals surface area contributed by atoms with Crippen molar-refractivity contribution in [3.63, 3.8) is 0 Å². The first-order valence-corrected chi connectivity index (χ1v) is 11.1. The molecule has 4 atom stereocenters. The summed E-state index contributed by atoms with van der Waals surface area (Å²) < 4.78 is 11.9. The largest absolute Gasteiger partial charge is 0.465 e. The number of rotatable bonds is 4. The van der Waals surface area contributed by atoms with Gasteiger partial charge in [0.25, 0.3) is 0 Å². The molecule has 3 aliphatic heterocycles. The third-order valence-electron chi connectivity index (χ3n) is 6.89. The molecule has 4 heterocycles. The van der Waals surface area contributed by atoms with E-state index in [4.69, 9.17) is 9.47 Å². The number of thioether (sulfide) groups is 1. The Bertz CT molecular complexity index is 1190. The minimum absolute atomic E-state index is 0.123. The van der Waals surface area contributed by atoms with E-state index in [1.54, 1.807) is 6.92 Å². The number of fused-ring (bicyclic) bond motifs is 8. The molecule has 2 saturated heterocycles. The summed E-state index contributed by atoms with van der Waals surface area (Å²) in [5, 5.41) is -0.448. The van der Waals surface area contributed by atoms with E-state index in [9.17, 15) is 19.2 Å². The standard InChI is InChI=1S/C23H22N2O6S/c1-11-13(21(28)30-3)14(22(29)31-4)17-18-15-16(20(27)24(2)19(15)26)23(32-18,25(11)17)10-12-8-6-5-7-9-12/h5-9,15-16,18H,10H2,1-4H3/t15-,16-,18-,23+/m1/s1. The number of ether oxygens (including phenoxy) is 2. The van der Waals surface area contributed by atoms with Gasteiger partial charge in [0.2, 0.25) is 11.8 Å². The number of aromatic nitrogens is 1. The Balaban J connectivity index is 1.82. The van der Waals surface area contributed by atoms with Crippen LogP contribution in [0.1, 0.15) is 42.9 Å². The number of esters is 2. The zero-order valence-electron chi connectivity index (χ0n) is 18.1. The van der Waals surface area contributed by atoms with Gasteiger partial charge in [-0.2, -0.15) is 0 Å². The van der Waals surface area contributed by atoms with Gasteiger partial charge in [-0.15, -0.1) is 11.8 Å². The van der Waals surface area contributed by atoms with E-state index in [1.165, 1.54) is 37.9 Å². The monoisotopic (exact) mass is 454 g/mol. The van der Waals surface area contributed by atoms with Crippen LogP contribution in [-0.4, -0.2) is 54.5 Å². The maximum absolute atomic E-state index is 13.3. The van der Waals surface area contributed by atoms with Gasteiger partial charge in [0.1, 0.15) is 4.87 Å². The molecule has 5 rings (SSSR count). The van der Waals surface area contributed by atoms with E-state index < -0.39 is 33.9 Å². The maximum Gasteiger partial charge on any atom is 0.340 e. The average Bonchev–Trinajstić information content (AvgIpc) is 3.47. The zero-order valence-corrected chi connectivity index (χ0v) is 18.9. The van der Waals surface area contributed by atoms with E-state index in [0.29, 0.717) is 17.8 Å². The first kappa shape index (κ1) is 20.8. The predicted molar refractivity (Wildman–Crippen MR) is 115 cm³/mol. The van der Waals surface area contributed by atoms with Crippen molar-refractivity contribution in [1.29, 1.82) is 0 Å². The number of methoxy groups -OCH3 is 2. The summed E-state index contributed by atoms with van der Waals surface area (Å²) in [5.74, 6) is -2.99. The highest BCUT2D eigenvalue weighted by Crippen LogP contribution is 2.71. The molecule has 0 radical (unpaired) electrons. The van der Waals surface area contributed by atoms with Crippen LogP contribution in [0.4, 0.5) is 0 Å².